The monoisotopic (exact) mass is 359 g/mol. The number of hydrogen-bond acceptors (Lipinski definition) is 3. The van der Waals surface area contributed by atoms with Gasteiger partial charge in [-0.2, -0.15) is 5.26 Å². The molecule has 1 heterocycles. The molecule has 1 aliphatic carbocycles. The van der Waals surface area contributed by atoms with Crippen molar-refractivity contribution in [3.8, 4) is 6.07 Å². The molecule has 1 aromatic carbocycles. The van der Waals surface area contributed by atoms with E-state index in [0.29, 0.717) is 41.2 Å². The Balaban J connectivity index is 2.09. The third-order valence-corrected chi connectivity index (χ3v) is 5.72. The van der Waals surface area contributed by atoms with Crippen LogP contribution in [0.5, 0.6) is 0 Å². The fraction of sp³-hybridized carbons (Fsp3) is 0.526. The number of carbonyl (C=O) groups is 2. The summed E-state index contributed by atoms with van der Waals surface area (Å²) in [4.78, 5) is 29.5. The predicted molar refractivity (Wildman–Crippen MR) is 96.5 cm³/mol. The van der Waals surface area contributed by atoms with E-state index in [1.807, 2.05) is 19.9 Å². The number of rotatable bonds is 3. The maximum absolute atomic E-state index is 13.3. The summed E-state index contributed by atoms with van der Waals surface area (Å²) in [5, 5.41) is 9.42. The number of halogens is 1. The van der Waals surface area contributed by atoms with Crippen molar-refractivity contribution in [1.29, 1.82) is 5.26 Å². The van der Waals surface area contributed by atoms with Crippen LogP contribution in [0.25, 0.3) is 0 Å². The van der Waals surface area contributed by atoms with Crippen LogP contribution in [-0.4, -0.2) is 28.9 Å². The Morgan fingerprint density at radius 3 is 2.48 bits per heavy atom. The zero-order valence-electron chi connectivity index (χ0n) is 14.8. The van der Waals surface area contributed by atoms with E-state index in [4.69, 9.17) is 16.9 Å². The van der Waals surface area contributed by atoms with E-state index < -0.39 is 5.54 Å². The van der Waals surface area contributed by atoms with E-state index in [2.05, 4.69) is 0 Å². The number of nitrogens with zero attached hydrogens (tertiary/aromatic N) is 3. The number of amides is 3. The third-order valence-electron chi connectivity index (χ3n) is 5.24. The van der Waals surface area contributed by atoms with E-state index in [1.165, 1.54) is 4.90 Å². The molecule has 1 saturated carbocycles. The molecule has 0 N–H and O–H groups in total. The number of carbonyl (C=O) groups excluding carboxylic acids is 2. The molecule has 0 aromatic heterocycles. The lowest BCUT2D eigenvalue weighted by Crippen LogP contribution is -2.48. The first-order valence-electron chi connectivity index (χ1n) is 8.69. The molecule has 5 nitrogen and oxygen atoms in total. The minimum atomic E-state index is -0.714. The van der Waals surface area contributed by atoms with Crippen LogP contribution in [0, 0.1) is 24.2 Å². The third kappa shape index (κ3) is 2.60. The topological polar surface area (TPSA) is 64.4 Å². The van der Waals surface area contributed by atoms with Crippen LogP contribution in [0.2, 0.25) is 5.02 Å². The Morgan fingerprint density at radius 1 is 1.28 bits per heavy atom. The lowest BCUT2D eigenvalue weighted by molar-refractivity contribution is -0.124. The van der Waals surface area contributed by atoms with Crippen LogP contribution in [0.1, 0.15) is 50.7 Å². The maximum Gasteiger partial charge on any atom is 0.332 e. The molecular weight excluding hydrogens is 338 g/mol. The molecule has 0 bridgehead atoms. The summed E-state index contributed by atoms with van der Waals surface area (Å²) in [6.45, 7) is 6.40. The first-order chi connectivity index (χ1) is 11.8. The van der Waals surface area contributed by atoms with Gasteiger partial charge in [0.15, 0.2) is 0 Å². The molecule has 3 rings (SSSR count). The van der Waals surface area contributed by atoms with Crippen LogP contribution in [0.15, 0.2) is 12.1 Å². The molecule has 1 aliphatic heterocycles. The van der Waals surface area contributed by atoms with E-state index >= 15 is 0 Å². The Morgan fingerprint density at radius 2 is 1.92 bits per heavy atom. The Hall–Kier alpha value is -2.06. The van der Waals surface area contributed by atoms with Crippen molar-refractivity contribution in [3.63, 3.8) is 0 Å². The second-order valence-corrected chi connectivity index (χ2v) is 7.73. The van der Waals surface area contributed by atoms with Crippen LogP contribution >= 0.6 is 11.6 Å². The molecule has 1 spiro atoms. The highest BCUT2D eigenvalue weighted by Gasteiger charge is 2.58. The average molecular weight is 360 g/mol. The molecule has 3 amide bonds. The van der Waals surface area contributed by atoms with Gasteiger partial charge in [0.1, 0.15) is 11.6 Å². The van der Waals surface area contributed by atoms with Gasteiger partial charge in [0.2, 0.25) is 0 Å². The molecule has 132 valence electrons. The van der Waals surface area contributed by atoms with Crippen molar-refractivity contribution < 1.29 is 9.59 Å². The summed E-state index contributed by atoms with van der Waals surface area (Å²) >= 11 is 6.26. The van der Waals surface area contributed by atoms with E-state index in [9.17, 15) is 9.59 Å². The van der Waals surface area contributed by atoms with Crippen LogP contribution < -0.4 is 4.90 Å². The SMILES string of the molecule is Cc1c(N2C(=O)N(CC(C)C)C3(CCCC3)C2=O)ccc(C#N)c1Cl. The number of urea groups is 1. The van der Waals surface area contributed by atoms with E-state index in [-0.39, 0.29) is 17.9 Å². The van der Waals surface area contributed by atoms with Gasteiger partial charge in [-0.1, -0.05) is 38.3 Å². The Kier molecular flexibility index (Phi) is 4.51. The molecule has 0 radical (unpaired) electrons. The zero-order chi connectivity index (χ0) is 18.4. The number of hydrogen-bond donors (Lipinski definition) is 0. The quantitative estimate of drug-likeness (QED) is 0.757. The molecule has 2 fully saturated rings. The van der Waals surface area contributed by atoms with Gasteiger partial charge in [-0.25, -0.2) is 9.69 Å². The normalized spacial score (nSPS) is 19.4. The smallest absolute Gasteiger partial charge is 0.309 e. The lowest BCUT2D eigenvalue weighted by Gasteiger charge is -2.32. The van der Waals surface area contributed by atoms with Gasteiger partial charge in [0, 0.05) is 6.54 Å². The first kappa shape index (κ1) is 17.8. The van der Waals surface area contributed by atoms with Crippen molar-refractivity contribution in [2.75, 3.05) is 11.4 Å². The van der Waals surface area contributed by atoms with Crippen molar-refractivity contribution >= 4 is 29.2 Å². The predicted octanol–water partition coefficient (Wildman–Crippen LogP) is 4.26. The van der Waals surface area contributed by atoms with Crippen molar-refractivity contribution in [2.45, 2.75) is 52.0 Å². The minimum Gasteiger partial charge on any atom is -0.309 e. The fourth-order valence-corrected chi connectivity index (χ4v) is 4.19. The van der Waals surface area contributed by atoms with Gasteiger partial charge in [-0.05, 0) is 43.4 Å². The maximum atomic E-state index is 13.3. The van der Waals surface area contributed by atoms with Gasteiger partial charge in [-0.3, -0.25) is 4.79 Å². The number of benzene rings is 1. The largest absolute Gasteiger partial charge is 0.332 e. The average Bonchev–Trinajstić information content (AvgIpc) is 3.13. The highest BCUT2D eigenvalue weighted by atomic mass is 35.5. The van der Waals surface area contributed by atoms with Gasteiger partial charge >= 0.3 is 6.03 Å². The molecule has 0 atom stereocenters. The van der Waals surface area contributed by atoms with E-state index in [0.717, 1.165) is 12.8 Å². The summed E-state index contributed by atoms with van der Waals surface area (Å²) in [5.74, 6) is 0.124. The van der Waals surface area contributed by atoms with Crippen LogP contribution in [0.3, 0.4) is 0 Å². The first-order valence-corrected chi connectivity index (χ1v) is 9.06. The van der Waals surface area contributed by atoms with E-state index in [1.54, 1.807) is 24.0 Å². The molecule has 2 aliphatic rings. The molecule has 1 saturated heterocycles. The molecule has 6 heteroatoms. The highest BCUT2D eigenvalue weighted by Crippen LogP contribution is 2.45. The standard InChI is InChI=1S/C19H22ClN3O2/c1-12(2)11-22-18(25)23(17(24)19(22)8-4-5-9-19)15-7-6-14(10-21)16(20)13(15)3/h6-7,12H,4-5,8-9,11H2,1-3H3. The summed E-state index contributed by atoms with van der Waals surface area (Å²) in [7, 11) is 0. The summed E-state index contributed by atoms with van der Waals surface area (Å²) < 4.78 is 0. The van der Waals surface area contributed by atoms with Gasteiger partial charge in [0.05, 0.1) is 16.3 Å². The number of imide groups is 1. The van der Waals surface area contributed by atoms with Gasteiger partial charge in [0.25, 0.3) is 5.91 Å². The summed E-state index contributed by atoms with van der Waals surface area (Å²) in [6.07, 6.45) is 3.33. The van der Waals surface area contributed by atoms with Crippen LogP contribution in [0.4, 0.5) is 10.5 Å². The molecule has 0 unspecified atom stereocenters. The molecule has 1 aromatic rings. The summed E-state index contributed by atoms with van der Waals surface area (Å²) in [5.41, 5.74) is 0.698. The Labute approximate surface area is 153 Å². The molecular formula is C19H22ClN3O2. The van der Waals surface area contributed by atoms with Crippen molar-refractivity contribution in [2.24, 2.45) is 5.92 Å². The van der Waals surface area contributed by atoms with Crippen molar-refractivity contribution in [1.82, 2.24) is 4.90 Å². The zero-order valence-corrected chi connectivity index (χ0v) is 15.6. The van der Waals surface area contributed by atoms with Gasteiger partial charge in [-0.15, -0.1) is 0 Å². The second-order valence-electron chi connectivity index (χ2n) is 7.35. The fourth-order valence-electron chi connectivity index (χ4n) is 3.99. The Bertz CT molecular complexity index is 776. The minimum absolute atomic E-state index is 0.153. The lowest BCUT2D eigenvalue weighted by atomic mass is 9.94. The summed E-state index contributed by atoms with van der Waals surface area (Å²) in [6, 6.07) is 4.97. The van der Waals surface area contributed by atoms with Crippen molar-refractivity contribution in [3.05, 3.63) is 28.3 Å². The van der Waals surface area contributed by atoms with Gasteiger partial charge < -0.3 is 4.90 Å². The van der Waals surface area contributed by atoms with Crippen LogP contribution in [-0.2, 0) is 4.79 Å². The highest BCUT2D eigenvalue weighted by molar-refractivity contribution is 6.33. The number of anilines is 1. The second kappa shape index (κ2) is 6.34. The number of nitriles is 1. The molecule has 25 heavy (non-hydrogen) atoms.